The van der Waals surface area contributed by atoms with E-state index < -0.39 is 0 Å². The number of hydrogen-bond acceptors (Lipinski definition) is 3. The van der Waals surface area contributed by atoms with Gasteiger partial charge in [-0.2, -0.15) is 0 Å². The fourth-order valence-corrected chi connectivity index (χ4v) is 2.68. The Bertz CT molecular complexity index is 748. The fourth-order valence-electron chi connectivity index (χ4n) is 2.68. The fraction of sp³-hybridized carbons (Fsp3) is 0.364. The molecule has 27 heavy (non-hydrogen) atoms. The van der Waals surface area contributed by atoms with E-state index in [4.69, 9.17) is 4.74 Å². The minimum Gasteiger partial charge on any atom is -0.484 e. The molecule has 0 aliphatic heterocycles. The first kappa shape index (κ1) is 20.5. The highest BCUT2D eigenvalue weighted by Crippen LogP contribution is 2.18. The zero-order valence-electron chi connectivity index (χ0n) is 16.5. The first-order valence-electron chi connectivity index (χ1n) is 9.36. The molecule has 0 saturated heterocycles. The molecule has 0 saturated carbocycles. The van der Waals surface area contributed by atoms with Crippen molar-refractivity contribution in [2.24, 2.45) is 0 Å². The number of amides is 2. The molecule has 5 heteroatoms. The van der Waals surface area contributed by atoms with Crippen molar-refractivity contribution in [3.8, 4) is 5.75 Å². The van der Waals surface area contributed by atoms with Gasteiger partial charge in [0.25, 0.3) is 11.8 Å². The molecule has 0 atom stereocenters. The van der Waals surface area contributed by atoms with Crippen LogP contribution in [0.5, 0.6) is 5.75 Å². The van der Waals surface area contributed by atoms with Crippen LogP contribution in [0.1, 0.15) is 49.5 Å². The van der Waals surface area contributed by atoms with Crippen molar-refractivity contribution in [3.05, 3.63) is 59.7 Å². The number of ether oxygens (including phenoxy) is 1. The molecule has 0 aliphatic rings. The van der Waals surface area contributed by atoms with Gasteiger partial charge in [-0.25, -0.2) is 0 Å². The number of hydrogen-bond donors (Lipinski definition) is 1. The molecule has 0 heterocycles. The maximum atomic E-state index is 12.3. The second-order valence-corrected chi connectivity index (χ2v) is 6.62. The molecular weight excluding hydrogens is 340 g/mol. The van der Waals surface area contributed by atoms with Gasteiger partial charge in [0.05, 0.1) is 0 Å². The third kappa shape index (κ3) is 5.84. The van der Waals surface area contributed by atoms with E-state index in [-0.39, 0.29) is 18.4 Å². The summed E-state index contributed by atoms with van der Waals surface area (Å²) < 4.78 is 5.52. The number of nitrogens with zero attached hydrogens (tertiary/aromatic N) is 1. The largest absolute Gasteiger partial charge is 0.484 e. The van der Waals surface area contributed by atoms with E-state index in [0.717, 1.165) is 0 Å². The maximum Gasteiger partial charge on any atom is 0.262 e. The highest BCUT2D eigenvalue weighted by molar-refractivity contribution is 5.96. The van der Waals surface area contributed by atoms with E-state index in [1.54, 1.807) is 29.2 Å². The van der Waals surface area contributed by atoms with Crippen molar-refractivity contribution in [1.29, 1.82) is 0 Å². The average molecular weight is 368 g/mol. The highest BCUT2D eigenvalue weighted by atomic mass is 16.5. The summed E-state index contributed by atoms with van der Waals surface area (Å²) in [5.41, 5.74) is 2.47. The number of carbonyl (C=O) groups excluding carboxylic acids is 2. The van der Waals surface area contributed by atoms with Gasteiger partial charge in [-0.05, 0) is 61.7 Å². The van der Waals surface area contributed by atoms with Crippen LogP contribution in [0.4, 0.5) is 5.69 Å². The lowest BCUT2D eigenvalue weighted by Crippen LogP contribution is -2.30. The topological polar surface area (TPSA) is 58.6 Å². The molecule has 144 valence electrons. The molecule has 0 aromatic heterocycles. The first-order chi connectivity index (χ1) is 12.9. The van der Waals surface area contributed by atoms with Crippen LogP contribution in [0, 0.1) is 0 Å². The molecule has 5 nitrogen and oxygen atoms in total. The van der Waals surface area contributed by atoms with Crippen LogP contribution in [-0.2, 0) is 4.79 Å². The summed E-state index contributed by atoms with van der Waals surface area (Å²) in [7, 11) is 0. The van der Waals surface area contributed by atoms with Crippen LogP contribution >= 0.6 is 0 Å². The summed E-state index contributed by atoms with van der Waals surface area (Å²) in [5.74, 6) is 0.866. The van der Waals surface area contributed by atoms with Gasteiger partial charge in [-0.1, -0.05) is 26.0 Å². The molecular formula is C22H28N2O3. The Morgan fingerprint density at radius 3 is 2.07 bits per heavy atom. The second kappa shape index (κ2) is 9.76. The number of carbonyl (C=O) groups is 2. The Morgan fingerprint density at radius 2 is 1.56 bits per heavy atom. The number of benzene rings is 2. The zero-order valence-corrected chi connectivity index (χ0v) is 16.5. The average Bonchev–Trinajstić information content (AvgIpc) is 2.68. The number of rotatable bonds is 8. The van der Waals surface area contributed by atoms with Gasteiger partial charge in [-0.15, -0.1) is 0 Å². The quantitative estimate of drug-likeness (QED) is 0.755. The minimum absolute atomic E-state index is 0.00828. The highest BCUT2D eigenvalue weighted by Gasteiger charge is 2.12. The molecule has 0 radical (unpaired) electrons. The molecule has 0 spiro atoms. The molecule has 2 rings (SSSR count). The van der Waals surface area contributed by atoms with E-state index in [0.29, 0.717) is 36.0 Å². The predicted octanol–water partition coefficient (Wildman–Crippen LogP) is 4.31. The van der Waals surface area contributed by atoms with Crippen molar-refractivity contribution in [3.63, 3.8) is 0 Å². The Hall–Kier alpha value is -2.82. The third-order valence-corrected chi connectivity index (χ3v) is 4.38. The smallest absolute Gasteiger partial charge is 0.262 e. The Morgan fingerprint density at radius 1 is 0.963 bits per heavy atom. The van der Waals surface area contributed by atoms with Crippen LogP contribution in [0.2, 0.25) is 0 Å². The SMILES string of the molecule is CCN(CC)C(=O)c1ccc(NC(=O)COc2ccc(C(C)C)cc2)cc1. The zero-order chi connectivity index (χ0) is 19.8. The molecule has 0 aliphatic carbocycles. The Kier molecular flexibility index (Phi) is 7.41. The predicted molar refractivity (Wildman–Crippen MR) is 108 cm³/mol. The summed E-state index contributed by atoms with van der Waals surface area (Å²) in [4.78, 5) is 26.1. The number of anilines is 1. The molecule has 0 fully saturated rings. The van der Waals surface area contributed by atoms with E-state index in [1.165, 1.54) is 5.56 Å². The summed E-state index contributed by atoms with van der Waals surface area (Å²) in [5, 5.41) is 2.78. The monoisotopic (exact) mass is 368 g/mol. The van der Waals surface area contributed by atoms with Crippen LogP contribution in [0.3, 0.4) is 0 Å². The van der Waals surface area contributed by atoms with Gasteiger partial charge < -0.3 is 15.0 Å². The molecule has 2 aromatic rings. The van der Waals surface area contributed by atoms with Gasteiger partial charge >= 0.3 is 0 Å². The van der Waals surface area contributed by atoms with E-state index >= 15 is 0 Å². The molecule has 2 amide bonds. The van der Waals surface area contributed by atoms with E-state index in [9.17, 15) is 9.59 Å². The van der Waals surface area contributed by atoms with E-state index in [1.807, 2.05) is 38.1 Å². The lowest BCUT2D eigenvalue weighted by molar-refractivity contribution is -0.118. The van der Waals surface area contributed by atoms with Crippen LogP contribution in [0.25, 0.3) is 0 Å². The summed E-state index contributed by atoms with van der Waals surface area (Å²) in [6.07, 6.45) is 0. The molecule has 0 unspecified atom stereocenters. The first-order valence-corrected chi connectivity index (χ1v) is 9.36. The third-order valence-electron chi connectivity index (χ3n) is 4.38. The van der Waals surface area contributed by atoms with Gasteiger partial charge in [0.2, 0.25) is 0 Å². The molecule has 2 aromatic carbocycles. The maximum absolute atomic E-state index is 12.3. The van der Waals surface area contributed by atoms with Crippen LogP contribution in [-0.4, -0.2) is 36.4 Å². The van der Waals surface area contributed by atoms with E-state index in [2.05, 4.69) is 19.2 Å². The van der Waals surface area contributed by atoms with Gasteiger partial charge in [-0.3, -0.25) is 9.59 Å². The van der Waals surface area contributed by atoms with Crippen LogP contribution < -0.4 is 10.1 Å². The minimum atomic E-state index is -0.245. The van der Waals surface area contributed by atoms with Crippen molar-refractivity contribution in [1.82, 2.24) is 4.90 Å². The van der Waals surface area contributed by atoms with Crippen molar-refractivity contribution in [2.75, 3.05) is 25.0 Å². The summed E-state index contributed by atoms with van der Waals surface area (Å²) in [6, 6.07) is 14.7. The van der Waals surface area contributed by atoms with Crippen molar-refractivity contribution >= 4 is 17.5 Å². The van der Waals surface area contributed by atoms with Gasteiger partial charge in [0.15, 0.2) is 6.61 Å². The normalized spacial score (nSPS) is 10.6. The van der Waals surface area contributed by atoms with Crippen LogP contribution in [0.15, 0.2) is 48.5 Å². The van der Waals surface area contributed by atoms with Gasteiger partial charge in [0.1, 0.15) is 5.75 Å². The number of nitrogens with one attached hydrogen (secondary N) is 1. The van der Waals surface area contributed by atoms with Gasteiger partial charge in [0, 0.05) is 24.3 Å². The van der Waals surface area contributed by atoms with Crippen molar-refractivity contribution in [2.45, 2.75) is 33.6 Å². The molecule has 1 N–H and O–H groups in total. The lowest BCUT2D eigenvalue weighted by Gasteiger charge is -2.18. The lowest BCUT2D eigenvalue weighted by atomic mass is 10.0. The summed E-state index contributed by atoms with van der Waals surface area (Å²) >= 11 is 0. The summed E-state index contributed by atoms with van der Waals surface area (Å²) in [6.45, 7) is 9.43. The second-order valence-electron chi connectivity index (χ2n) is 6.62. The Balaban J connectivity index is 1.87. The standard InChI is InChI=1S/C22H28N2O3/c1-5-24(6-2)22(26)18-7-11-19(12-8-18)23-21(25)15-27-20-13-9-17(10-14-20)16(3)4/h7-14,16H,5-6,15H2,1-4H3,(H,23,25). The molecule has 0 bridgehead atoms. The van der Waals surface area contributed by atoms with Crippen molar-refractivity contribution < 1.29 is 14.3 Å². The Labute approximate surface area is 161 Å².